The van der Waals surface area contributed by atoms with Gasteiger partial charge in [0.25, 0.3) is 0 Å². The summed E-state index contributed by atoms with van der Waals surface area (Å²) in [6.45, 7) is 1.28. The van der Waals surface area contributed by atoms with Crippen LogP contribution in [0.25, 0.3) is 0 Å². The van der Waals surface area contributed by atoms with Crippen LogP contribution in [0.4, 0.5) is 0 Å². The van der Waals surface area contributed by atoms with Crippen molar-refractivity contribution in [2.45, 2.75) is 13.3 Å². The first-order valence-electron chi connectivity index (χ1n) is 3.06. The Kier molecular flexibility index (Phi) is 4.81. The number of hydrogen-bond donors (Lipinski definition) is 0. The molecule has 11 heavy (non-hydrogen) atoms. The normalized spacial score (nSPS) is 9.64. The lowest BCUT2D eigenvalue weighted by Gasteiger charge is -1.92. The zero-order valence-electron chi connectivity index (χ0n) is 6.49. The van der Waals surface area contributed by atoms with E-state index >= 15 is 0 Å². The molecule has 0 fully saturated rings. The van der Waals surface area contributed by atoms with E-state index in [-0.39, 0.29) is 12.4 Å². The topological polar surface area (TPSA) is 52.6 Å². The summed E-state index contributed by atoms with van der Waals surface area (Å²) in [5.41, 5.74) is 0. The van der Waals surface area contributed by atoms with E-state index in [4.69, 9.17) is 0 Å². The van der Waals surface area contributed by atoms with E-state index in [0.717, 1.165) is 0 Å². The molecule has 0 amide bonds. The van der Waals surface area contributed by atoms with Crippen molar-refractivity contribution in [1.82, 2.24) is 0 Å². The predicted molar refractivity (Wildman–Crippen MR) is 37.5 cm³/mol. The van der Waals surface area contributed by atoms with Crippen molar-refractivity contribution in [3.8, 4) is 0 Å². The monoisotopic (exact) mass is 158 g/mol. The van der Waals surface area contributed by atoms with E-state index < -0.39 is 5.97 Å². The minimum absolute atomic E-state index is 0.115. The highest BCUT2D eigenvalue weighted by Gasteiger charge is 1.93. The third kappa shape index (κ3) is 6.57. The summed E-state index contributed by atoms with van der Waals surface area (Å²) in [5, 5.41) is 0. The molecule has 4 heteroatoms. The Bertz CT molecular complexity index is 171. The Morgan fingerprint density at radius 3 is 2.55 bits per heavy atom. The molecule has 0 atom stereocenters. The first-order valence-corrected chi connectivity index (χ1v) is 3.06. The first kappa shape index (κ1) is 9.68. The Labute approximate surface area is 64.8 Å². The molecule has 0 saturated heterocycles. The van der Waals surface area contributed by atoms with Gasteiger partial charge in [-0.2, -0.15) is 0 Å². The highest BCUT2D eigenvalue weighted by Crippen LogP contribution is 1.87. The standard InChI is InChI=1S/C7H10O4/c1-6(8)11-5-3-4-7(9)10-2/h3,5H,4H2,1-2H3. The molecule has 0 spiro atoms. The van der Waals surface area contributed by atoms with Gasteiger partial charge in [-0.15, -0.1) is 0 Å². The largest absolute Gasteiger partial charge is 0.469 e. The van der Waals surface area contributed by atoms with E-state index in [1.54, 1.807) is 0 Å². The van der Waals surface area contributed by atoms with Crippen LogP contribution in [-0.2, 0) is 19.1 Å². The number of carbonyl (C=O) groups is 2. The van der Waals surface area contributed by atoms with Gasteiger partial charge >= 0.3 is 11.9 Å². The van der Waals surface area contributed by atoms with E-state index in [1.807, 2.05) is 0 Å². The molecule has 0 aromatic heterocycles. The van der Waals surface area contributed by atoms with Crippen LogP contribution in [0.2, 0.25) is 0 Å². The number of hydrogen-bond acceptors (Lipinski definition) is 4. The van der Waals surface area contributed by atoms with Crippen LogP contribution in [0.1, 0.15) is 13.3 Å². The summed E-state index contributed by atoms with van der Waals surface area (Å²) in [7, 11) is 1.29. The van der Waals surface area contributed by atoms with Gasteiger partial charge in [0, 0.05) is 6.92 Å². The third-order valence-corrected chi connectivity index (χ3v) is 0.842. The summed E-state index contributed by atoms with van der Waals surface area (Å²) < 4.78 is 8.74. The molecule has 0 rings (SSSR count). The number of ether oxygens (including phenoxy) is 2. The lowest BCUT2D eigenvalue weighted by atomic mass is 10.4. The highest BCUT2D eigenvalue weighted by atomic mass is 16.5. The summed E-state index contributed by atoms with van der Waals surface area (Å²) in [5.74, 6) is -0.778. The van der Waals surface area contributed by atoms with Gasteiger partial charge < -0.3 is 9.47 Å². The van der Waals surface area contributed by atoms with E-state index in [0.29, 0.717) is 0 Å². The quantitative estimate of drug-likeness (QED) is 0.446. The van der Waals surface area contributed by atoms with Crippen molar-refractivity contribution in [3.05, 3.63) is 12.3 Å². The van der Waals surface area contributed by atoms with Crippen molar-refractivity contribution in [2.24, 2.45) is 0 Å². The van der Waals surface area contributed by atoms with E-state index in [9.17, 15) is 9.59 Å². The average molecular weight is 158 g/mol. The maximum absolute atomic E-state index is 10.4. The minimum Gasteiger partial charge on any atom is -0.469 e. The second-order valence-corrected chi connectivity index (χ2v) is 1.76. The van der Waals surface area contributed by atoms with Crippen LogP contribution in [0.3, 0.4) is 0 Å². The maximum Gasteiger partial charge on any atom is 0.309 e. The van der Waals surface area contributed by atoms with Gasteiger partial charge in [0.2, 0.25) is 0 Å². The number of esters is 2. The molecule has 0 radical (unpaired) electrons. The molecule has 62 valence electrons. The van der Waals surface area contributed by atoms with Crippen LogP contribution in [0, 0.1) is 0 Å². The van der Waals surface area contributed by atoms with Gasteiger partial charge in [0.05, 0.1) is 19.8 Å². The average Bonchev–Trinajstić information content (AvgIpc) is 1.97. The fourth-order valence-corrected chi connectivity index (χ4v) is 0.372. The lowest BCUT2D eigenvalue weighted by Crippen LogP contribution is -1.97. The van der Waals surface area contributed by atoms with Crippen LogP contribution in [0.15, 0.2) is 12.3 Å². The predicted octanol–water partition coefficient (Wildman–Crippen LogP) is 0.626. The lowest BCUT2D eigenvalue weighted by molar-refractivity contribution is -0.140. The smallest absolute Gasteiger partial charge is 0.309 e. The Morgan fingerprint density at radius 2 is 2.09 bits per heavy atom. The molecule has 0 heterocycles. The zero-order chi connectivity index (χ0) is 8.69. The number of carbonyl (C=O) groups excluding carboxylic acids is 2. The van der Waals surface area contributed by atoms with Crippen LogP contribution < -0.4 is 0 Å². The molecule has 0 aromatic carbocycles. The molecule has 0 N–H and O–H groups in total. The third-order valence-electron chi connectivity index (χ3n) is 0.842. The van der Waals surface area contributed by atoms with Gasteiger partial charge in [-0.25, -0.2) is 0 Å². The summed E-state index contributed by atoms with van der Waals surface area (Å²) >= 11 is 0. The van der Waals surface area contributed by atoms with Crippen molar-refractivity contribution >= 4 is 11.9 Å². The first-order chi connectivity index (χ1) is 5.16. The Morgan fingerprint density at radius 1 is 1.45 bits per heavy atom. The second-order valence-electron chi connectivity index (χ2n) is 1.76. The molecule has 0 aromatic rings. The SMILES string of the molecule is COC(=O)CC=COC(C)=O. The van der Waals surface area contributed by atoms with Gasteiger partial charge in [-0.3, -0.25) is 9.59 Å². The van der Waals surface area contributed by atoms with Gasteiger partial charge in [-0.1, -0.05) is 0 Å². The van der Waals surface area contributed by atoms with Crippen LogP contribution >= 0.6 is 0 Å². The van der Waals surface area contributed by atoms with Gasteiger partial charge in [0.15, 0.2) is 0 Å². The summed E-state index contributed by atoms with van der Waals surface area (Å²) in [6.07, 6.45) is 2.69. The molecule has 0 saturated carbocycles. The zero-order valence-corrected chi connectivity index (χ0v) is 6.49. The van der Waals surface area contributed by atoms with Gasteiger partial charge in [-0.05, 0) is 6.08 Å². The second kappa shape index (κ2) is 5.46. The molecule has 0 bridgehead atoms. The van der Waals surface area contributed by atoms with Crippen LogP contribution in [0.5, 0.6) is 0 Å². The molecular weight excluding hydrogens is 148 g/mol. The van der Waals surface area contributed by atoms with Crippen LogP contribution in [-0.4, -0.2) is 19.0 Å². The summed E-state index contributed by atoms with van der Waals surface area (Å²) in [6, 6.07) is 0. The Balaban J connectivity index is 3.44. The minimum atomic E-state index is -0.411. The van der Waals surface area contributed by atoms with E-state index in [1.165, 1.54) is 26.4 Å². The van der Waals surface area contributed by atoms with Crippen molar-refractivity contribution in [3.63, 3.8) is 0 Å². The van der Waals surface area contributed by atoms with Gasteiger partial charge in [0.1, 0.15) is 0 Å². The molecular formula is C7H10O4. The summed E-state index contributed by atoms with van der Waals surface area (Å²) in [4.78, 5) is 20.6. The fourth-order valence-electron chi connectivity index (χ4n) is 0.372. The highest BCUT2D eigenvalue weighted by molar-refractivity contribution is 5.71. The molecule has 4 nitrogen and oxygen atoms in total. The molecule has 0 aliphatic rings. The maximum atomic E-state index is 10.4. The number of rotatable bonds is 3. The fraction of sp³-hybridized carbons (Fsp3) is 0.429. The number of methoxy groups -OCH3 is 1. The van der Waals surface area contributed by atoms with Crippen molar-refractivity contribution in [1.29, 1.82) is 0 Å². The van der Waals surface area contributed by atoms with Crippen molar-refractivity contribution < 1.29 is 19.1 Å². The molecule has 0 aliphatic heterocycles. The van der Waals surface area contributed by atoms with Crippen molar-refractivity contribution in [2.75, 3.05) is 7.11 Å². The van der Waals surface area contributed by atoms with E-state index in [2.05, 4.69) is 9.47 Å². The Hall–Kier alpha value is -1.32. The molecule has 0 unspecified atom stereocenters. The molecule has 0 aliphatic carbocycles.